The van der Waals surface area contributed by atoms with E-state index in [4.69, 9.17) is 5.11 Å². The molecule has 0 radical (unpaired) electrons. The van der Waals surface area contributed by atoms with Gasteiger partial charge in [-0.05, 0) is 22.6 Å². The van der Waals surface area contributed by atoms with Crippen LogP contribution in [0.25, 0.3) is 0 Å². The highest BCUT2D eigenvalue weighted by atomic mass is 127. The van der Waals surface area contributed by atoms with E-state index >= 15 is 0 Å². The molecule has 0 unspecified atom stereocenters. The number of hydrogen-bond donors (Lipinski definition) is 1. The highest BCUT2D eigenvalue weighted by Crippen LogP contribution is 2.29. The zero-order valence-electron chi connectivity index (χ0n) is 5.56. The molecule has 1 N–H and O–H groups in total. The van der Waals surface area contributed by atoms with Gasteiger partial charge in [-0.25, -0.2) is 13.2 Å². The van der Waals surface area contributed by atoms with Crippen molar-refractivity contribution in [2.45, 2.75) is 6.43 Å². The van der Waals surface area contributed by atoms with Crippen molar-refractivity contribution in [2.24, 2.45) is 0 Å². The van der Waals surface area contributed by atoms with Crippen LogP contribution in [0.3, 0.4) is 0 Å². The standard InChI is InChI=1S/C6H3F3INO/c7-3-2(10)1-11-4(5(3)12)6(8)9/h1,6,12H. The van der Waals surface area contributed by atoms with E-state index in [0.717, 1.165) is 6.20 Å². The molecule has 1 aromatic heterocycles. The summed E-state index contributed by atoms with van der Waals surface area (Å²) in [5, 5.41) is 8.83. The molecule has 1 rings (SSSR count). The van der Waals surface area contributed by atoms with Crippen LogP contribution in [-0.2, 0) is 0 Å². The SMILES string of the molecule is Oc1c(C(F)F)ncc(I)c1F. The molecule has 0 bridgehead atoms. The Morgan fingerprint density at radius 1 is 1.50 bits per heavy atom. The Hall–Kier alpha value is -0.530. The highest BCUT2D eigenvalue weighted by Gasteiger charge is 2.19. The first-order chi connectivity index (χ1) is 5.54. The van der Waals surface area contributed by atoms with Crippen LogP contribution in [-0.4, -0.2) is 10.1 Å². The summed E-state index contributed by atoms with van der Waals surface area (Å²) >= 11 is 1.55. The van der Waals surface area contributed by atoms with Crippen molar-refractivity contribution in [2.75, 3.05) is 0 Å². The normalized spacial score (nSPS) is 10.8. The quantitative estimate of drug-likeness (QED) is 0.806. The second kappa shape index (κ2) is 3.46. The lowest BCUT2D eigenvalue weighted by Gasteiger charge is -2.03. The van der Waals surface area contributed by atoms with Gasteiger partial charge in [-0.15, -0.1) is 0 Å². The molecule has 0 aliphatic rings. The average molecular weight is 289 g/mol. The molecule has 0 aromatic carbocycles. The molecular weight excluding hydrogens is 286 g/mol. The highest BCUT2D eigenvalue weighted by molar-refractivity contribution is 14.1. The summed E-state index contributed by atoms with van der Waals surface area (Å²) in [6, 6.07) is 0. The molecule has 6 heteroatoms. The van der Waals surface area contributed by atoms with E-state index in [-0.39, 0.29) is 3.57 Å². The van der Waals surface area contributed by atoms with E-state index in [1.807, 2.05) is 0 Å². The fourth-order valence-electron chi connectivity index (χ4n) is 0.629. The average Bonchev–Trinajstić information content (AvgIpc) is 2.00. The summed E-state index contributed by atoms with van der Waals surface area (Å²) < 4.78 is 36.6. The van der Waals surface area contributed by atoms with Crippen LogP contribution >= 0.6 is 22.6 Å². The molecule has 66 valence electrons. The third-order valence-electron chi connectivity index (χ3n) is 1.18. The number of hydrogen-bond acceptors (Lipinski definition) is 2. The van der Waals surface area contributed by atoms with E-state index in [0.29, 0.717) is 0 Å². The maximum Gasteiger partial charge on any atom is 0.284 e. The molecule has 12 heavy (non-hydrogen) atoms. The summed E-state index contributed by atoms with van der Waals surface area (Å²) in [5.74, 6) is -2.13. The van der Waals surface area contributed by atoms with Crippen LogP contribution in [0.5, 0.6) is 5.75 Å². The summed E-state index contributed by atoms with van der Waals surface area (Å²) in [6.45, 7) is 0. The minimum absolute atomic E-state index is 0.00880. The smallest absolute Gasteiger partial charge is 0.284 e. The van der Waals surface area contributed by atoms with Crippen molar-refractivity contribution in [3.05, 3.63) is 21.3 Å². The third kappa shape index (κ3) is 1.62. The van der Waals surface area contributed by atoms with Gasteiger partial charge in [0.2, 0.25) is 0 Å². The van der Waals surface area contributed by atoms with Gasteiger partial charge in [-0.3, -0.25) is 4.98 Å². The lowest BCUT2D eigenvalue weighted by molar-refractivity contribution is 0.140. The van der Waals surface area contributed by atoms with E-state index in [2.05, 4.69) is 4.98 Å². The Labute approximate surface area is 79.6 Å². The summed E-state index contributed by atoms with van der Waals surface area (Å²) in [7, 11) is 0. The molecule has 0 fully saturated rings. The number of pyridine rings is 1. The van der Waals surface area contributed by atoms with Crippen molar-refractivity contribution in [1.82, 2.24) is 4.98 Å². The molecule has 0 aliphatic heterocycles. The zero-order chi connectivity index (χ0) is 9.30. The van der Waals surface area contributed by atoms with Crippen molar-refractivity contribution < 1.29 is 18.3 Å². The molecule has 0 amide bonds. The Bertz CT molecular complexity index is 305. The monoisotopic (exact) mass is 289 g/mol. The number of nitrogens with zero attached hydrogens (tertiary/aromatic N) is 1. The number of aromatic nitrogens is 1. The van der Waals surface area contributed by atoms with Gasteiger partial charge in [-0.1, -0.05) is 0 Å². The molecule has 0 aliphatic carbocycles. The molecule has 0 spiro atoms. The largest absolute Gasteiger partial charge is 0.503 e. The van der Waals surface area contributed by atoms with Gasteiger partial charge in [0.1, 0.15) is 0 Å². The molecule has 0 saturated heterocycles. The van der Waals surface area contributed by atoms with Gasteiger partial charge in [-0.2, -0.15) is 0 Å². The van der Waals surface area contributed by atoms with E-state index < -0.39 is 23.7 Å². The number of alkyl halides is 2. The molecule has 0 saturated carbocycles. The maximum atomic E-state index is 12.7. The van der Waals surface area contributed by atoms with E-state index in [1.165, 1.54) is 0 Å². The minimum atomic E-state index is -2.96. The Kier molecular flexibility index (Phi) is 2.76. The van der Waals surface area contributed by atoms with Gasteiger partial charge in [0.15, 0.2) is 17.3 Å². The Morgan fingerprint density at radius 2 is 2.08 bits per heavy atom. The molecule has 2 nitrogen and oxygen atoms in total. The second-order valence-electron chi connectivity index (χ2n) is 1.95. The van der Waals surface area contributed by atoms with Gasteiger partial charge in [0.05, 0.1) is 3.57 Å². The second-order valence-corrected chi connectivity index (χ2v) is 3.12. The third-order valence-corrected chi connectivity index (χ3v) is 1.94. The summed E-state index contributed by atoms with van der Waals surface area (Å²) in [6.07, 6.45) is -2.02. The predicted molar refractivity (Wildman–Crippen MR) is 43.5 cm³/mol. The lowest BCUT2D eigenvalue weighted by atomic mass is 10.3. The topological polar surface area (TPSA) is 33.1 Å². The number of halogens is 4. The fraction of sp³-hybridized carbons (Fsp3) is 0.167. The molecule has 0 atom stereocenters. The van der Waals surface area contributed by atoms with E-state index in [9.17, 15) is 13.2 Å². The van der Waals surface area contributed by atoms with Gasteiger partial charge >= 0.3 is 0 Å². The fourth-order valence-corrected chi connectivity index (χ4v) is 1.02. The molecule has 1 heterocycles. The Morgan fingerprint density at radius 3 is 2.58 bits per heavy atom. The number of rotatable bonds is 1. The van der Waals surface area contributed by atoms with Crippen molar-refractivity contribution in [1.29, 1.82) is 0 Å². The van der Waals surface area contributed by atoms with Crippen molar-refractivity contribution >= 4 is 22.6 Å². The van der Waals surface area contributed by atoms with Crippen LogP contribution in [0.2, 0.25) is 0 Å². The van der Waals surface area contributed by atoms with Gasteiger partial charge in [0, 0.05) is 6.20 Å². The van der Waals surface area contributed by atoms with Crippen LogP contribution in [0.4, 0.5) is 13.2 Å². The Balaban J connectivity index is 3.27. The lowest BCUT2D eigenvalue weighted by Crippen LogP contribution is -1.95. The summed E-state index contributed by atoms with van der Waals surface area (Å²) in [4.78, 5) is 3.19. The van der Waals surface area contributed by atoms with Gasteiger partial charge < -0.3 is 5.11 Å². The first-order valence-electron chi connectivity index (χ1n) is 2.85. The van der Waals surface area contributed by atoms with Crippen LogP contribution in [0.1, 0.15) is 12.1 Å². The van der Waals surface area contributed by atoms with Gasteiger partial charge in [0.25, 0.3) is 6.43 Å². The van der Waals surface area contributed by atoms with Crippen LogP contribution in [0.15, 0.2) is 6.20 Å². The summed E-state index contributed by atoms with van der Waals surface area (Å²) in [5.41, 5.74) is -0.923. The minimum Gasteiger partial charge on any atom is -0.503 e. The van der Waals surface area contributed by atoms with Crippen molar-refractivity contribution in [3.63, 3.8) is 0 Å². The van der Waals surface area contributed by atoms with Crippen LogP contribution < -0.4 is 0 Å². The number of aromatic hydroxyl groups is 1. The van der Waals surface area contributed by atoms with E-state index in [1.54, 1.807) is 22.6 Å². The first-order valence-corrected chi connectivity index (χ1v) is 3.93. The zero-order valence-corrected chi connectivity index (χ0v) is 7.72. The maximum absolute atomic E-state index is 12.7. The van der Waals surface area contributed by atoms with Crippen LogP contribution in [0, 0.1) is 9.39 Å². The first kappa shape index (κ1) is 9.56. The van der Waals surface area contributed by atoms with Crippen molar-refractivity contribution in [3.8, 4) is 5.75 Å². The molecule has 1 aromatic rings. The molecular formula is C6H3F3INO. The predicted octanol–water partition coefficient (Wildman–Crippen LogP) is 2.47.